The van der Waals surface area contributed by atoms with Crippen LogP contribution in [-0.2, 0) is 18.4 Å². The van der Waals surface area contributed by atoms with Crippen molar-refractivity contribution in [3.8, 4) is 0 Å². The van der Waals surface area contributed by atoms with Crippen molar-refractivity contribution in [2.45, 2.75) is 25.5 Å². The molecule has 0 saturated carbocycles. The second-order valence-electron chi connectivity index (χ2n) is 4.35. The van der Waals surface area contributed by atoms with Crippen molar-refractivity contribution in [2.24, 2.45) is 7.05 Å². The van der Waals surface area contributed by atoms with Gasteiger partial charge in [-0.1, -0.05) is 11.8 Å². The zero-order chi connectivity index (χ0) is 14.9. The summed E-state index contributed by atoms with van der Waals surface area (Å²) in [7, 11) is 1.84. The lowest BCUT2D eigenvalue weighted by molar-refractivity contribution is -0.133. The molecule has 0 aliphatic heterocycles. The van der Waals surface area contributed by atoms with Crippen LogP contribution in [0.3, 0.4) is 0 Å². The van der Waals surface area contributed by atoms with Crippen LogP contribution in [0.2, 0.25) is 0 Å². The third-order valence-corrected chi connectivity index (χ3v) is 3.98. The molecule has 0 spiro atoms. The Hall–Kier alpha value is -2.03. The van der Waals surface area contributed by atoms with E-state index in [9.17, 15) is 9.59 Å². The summed E-state index contributed by atoms with van der Waals surface area (Å²) in [4.78, 5) is 22.4. The van der Waals surface area contributed by atoms with Crippen LogP contribution in [0.5, 0.6) is 0 Å². The fourth-order valence-corrected chi connectivity index (χ4v) is 2.55. The molecule has 0 radical (unpaired) electrons. The second-order valence-corrected chi connectivity index (χ2v) is 5.30. The van der Waals surface area contributed by atoms with Gasteiger partial charge in [-0.2, -0.15) is 5.10 Å². The van der Waals surface area contributed by atoms with Gasteiger partial charge in [0.25, 0.3) is 0 Å². The summed E-state index contributed by atoms with van der Waals surface area (Å²) in [5.41, 5.74) is 2.38. The Labute approximate surface area is 118 Å². The van der Waals surface area contributed by atoms with Gasteiger partial charge in [0.2, 0.25) is 0 Å². The first-order chi connectivity index (χ1) is 9.40. The molecule has 0 bridgehead atoms. The fraction of sp³-hybridized carbons (Fsp3) is 0.455. The van der Waals surface area contributed by atoms with Crippen LogP contribution in [0, 0.1) is 13.8 Å². The normalized spacial score (nSPS) is 10.9. The molecule has 2 heterocycles. The van der Waals surface area contributed by atoms with Gasteiger partial charge in [0.15, 0.2) is 5.16 Å². The molecule has 108 valence electrons. The lowest BCUT2D eigenvalue weighted by atomic mass is 10.2. The first-order valence-electron chi connectivity index (χ1n) is 5.89. The monoisotopic (exact) mass is 297 g/mol. The minimum absolute atomic E-state index is 0.144. The van der Waals surface area contributed by atoms with E-state index in [1.165, 1.54) is 4.57 Å². The van der Waals surface area contributed by atoms with Gasteiger partial charge in [0.05, 0.1) is 18.0 Å². The maximum atomic E-state index is 11.8. The van der Waals surface area contributed by atoms with Gasteiger partial charge in [-0.25, -0.2) is 9.89 Å². The average Bonchev–Trinajstić information content (AvgIpc) is 2.83. The van der Waals surface area contributed by atoms with E-state index in [1.807, 2.05) is 20.9 Å². The number of nitrogens with one attached hydrogen (secondary N) is 1. The summed E-state index contributed by atoms with van der Waals surface area (Å²) in [5.74, 6) is -1.10. The molecule has 20 heavy (non-hydrogen) atoms. The van der Waals surface area contributed by atoms with Gasteiger partial charge in [-0.05, 0) is 13.8 Å². The summed E-state index contributed by atoms with van der Waals surface area (Å²) in [6.45, 7) is 4.12. The summed E-state index contributed by atoms with van der Waals surface area (Å²) in [6, 6.07) is 0. The van der Waals surface area contributed by atoms with E-state index in [-0.39, 0.29) is 11.4 Å². The van der Waals surface area contributed by atoms with Crippen LogP contribution in [0.15, 0.2) is 9.95 Å². The number of aliphatic carboxylic acids is 1. The van der Waals surface area contributed by atoms with Crippen LogP contribution < -0.4 is 5.69 Å². The van der Waals surface area contributed by atoms with Gasteiger partial charge in [0, 0.05) is 18.3 Å². The van der Waals surface area contributed by atoms with Gasteiger partial charge in [0.1, 0.15) is 0 Å². The summed E-state index contributed by atoms with van der Waals surface area (Å²) >= 11 is 1.01. The van der Waals surface area contributed by atoms with Gasteiger partial charge in [-0.15, -0.1) is 5.10 Å². The predicted octanol–water partition coefficient (Wildman–Crippen LogP) is 0.147. The highest BCUT2D eigenvalue weighted by Gasteiger charge is 2.15. The number of aromatic nitrogens is 5. The molecule has 0 aliphatic carbocycles. The maximum Gasteiger partial charge on any atom is 0.344 e. The van der Waals surface area contributed by atoms with Crippen molar-refractivity contribution in [1.29, 1.82) is 0 Å². The lowest BCUT2D eigenvalue weighted by Crippen LogP contribution is -2.19. The first kappa shape index (κ1) is 14.4. The van der Waals surface area contributed by atoms with E-state index in [0.717, 1.165) is 28.7 Å². The van der Waals surface area contributed by atoms with E-state index in [1.54, 1.807) is 4.68 Å². The van der Waals surface area contributed by atoms with Gasteiger partial charge in [-0.3, -0.25) is 14.0 Å². The van der Waals surface area contributed by atoms with Crippen LogP contribution in [0.25, 0.3) is 0 Å². The number of aromatic amines is 1. The Morgan fingerprint density at radius 1 is 1.45 bits per heavy atom. The number of rotatable bonds is 5. The molecule has 0 amide bonds. The highest BCUT2D eigenvalue weighted by Crippen LogP contribution is 2.17. The molecule has 0 aliphatic rings. The van der Waals surface area contributed by atoms with Crippen molar-refractivity contribution >= 4 is 17.7 Å². The van der Waals surface area contributed by atoms with Crippen LogP contribution in [0.1, 0.15) is 17.0 Å². The molecule has 0 unspecified atom stereocenters. The molecule has 0 atom stereocenters. The van der Waals surface area contributed by atoms with E-state index in [2.05, 4.69) is 15.3 Å². The summed E-state index contributed by atoms with van der Waals surface area (Å²) < 4.78 is 3.17. The first-order valence-corrected chi connectivity index (χ1v) is 6.87. The zero-order valence-electron chi connectivity index (χ0n) is 11.4. The number of aryl methyl sites for hydroxylation is 2. The Morgan fingerprint density at radius 3 is 2.70 bits per heavy atom. The third-order valence-electron chi connectivity index (χ3n) is 3.02. The van der Waals surface area contributed by atoms with Crippen LogP contribution >= 0.6 is 11.8 Å². The molecular formula is C11H15N5O3S. The van der Waals surface area contributed by atoms with Crippen molar-refractivity contribution in [2.75, 3.05) is 5.75 Å². The van der Waals surface area contributed by atoms with E-state index in [0.29, 0.717) is 11.7 Å². The SMILES string of the molecule is Cc1nn(C)c(C)c1Cn1c(SCC(=O)O)n[nH]c1=O. The summed E-state index contributed by atoms with van der Waals surface area (Å²) in [5, 5.41) is 19.5. The Balaban J connectivity index is 2.31. The third kappa shape index (κ3) is 2.77. The number of carboxylic acid groups (broad SMARTS) is 1. The Kier molecular flexibility index (Phi) is 3.98. The second kappa shape index (κ2) is 5.53. The molecule has 2 aromatic rings. The molecular weight excluding hydrogens is 282 g/mol. The molecule has 0 fully saturated rings. The van der Waals surface area contributed by atoms with E-state index >= 15 is 0 Å². The molecule has 0 aromatic carbocycles. The molecule has 2 N–H and O–H groups in total. The standard InChI is InChI=1S/C11H15N5O3S/c1-6-8(7(2)15(3)14-6)4-16-10(19)12-13-11(16)20-5-9(17)18/h4-5H2,1-3H3,(H,12,19)(H,17,18). The molecule has 2 aromatic heterocycles. The van der Waals surface area contributed by atoms with Gasteiger partial charge < -0.3 is 5.11 Å². The lowest BCUT2D eigenvalue weighted by Gasteiger charge is -2.05. The predicted molar refractivity (Wildman–Crippen MR) is 73.0 cm³/mol. The number of hydrogen-bond acceptors (Lipinski definition) is 5. The minimum Gasteiger partial charge on any atom is -0.481 e. The molecule has 2 rings (SSSR count). The highest BCUT2D eigenvalue weighted by atomic mass is 32.2. The Bertz CT molecular complexity index is 699. The number of hydrogen-bond donors (Lipinski definition) is 2. The molecule has 8 nitrogen and oxygen atoms in total. The Morgan fingerprint density at radius 2 is 2.15 bits per heavy atom. The van der Waals surface area contributed by atoms with Crippen LogP contribution in [0.4, 0.5) is 0 Å². The molecule has 0 saturated heterocycles. The number of carbonyl (C=O) groups is 1. The zero-order valence-corrected chi connectivity index (χ0v) is 12.2. The number of thioether (sulfide) groups is 1. The highest BCUT2D eigenvalue weighted by molar-refractivity contribution is 7.99. The largest absolute Gasteiger partial charge is 0.481 e. The van der Waals surface area contributed by atoms with E-state index in [4.69, 9.17) is 5.11 Å². The number of H-pyrrole nitrogens is 1. The fourth-order valence-electron chi connectivity index (χ4n) is 1.88. The van der Waals surface area contributed by atoms with Gasteiger partial charge >= 0.3 is 11.7 Å². The smallest absolute Gasteiger partial charge is 0.344 e. The van der Waals surface area contributed by atoms with Crippen molar-refractivity contribution in [3.63, 3.8) is 0 Å². The van der Waals surface area contributed by atoms with Crippen molar-refractivity contribution in [3.05, 3.63) is 27.4 Å². The minimum atomic E-state index is -0.953. The molecule has 9 heteroatoms. The van der Waals surface area contributed by atoms with Crippen molar-refractivity contribution in [1.82, 2.24) is 24.5 Å². The quantitative estimate of drug-likeness (QED) is 0.761. The summed E-state index contributed by atoms with van der Waals surface area (Å²) in [6.07, 6.45) is 0. The average molecular weight is 297 g/mol. The maximum absolute atomic E-state index is 11.8. The van der Waals surface area contributed by atoms with Crippen molar-refractivity contribution < 1.29 is 9.90 Å². The topological polar surface area (TPSA) is 106 Å². The van der Waals surface area contributed by atoms with Crippen LogP contribution in [-0.4, -0.2) is 41.4 Å². The number of carboxylic acids is 1. The number of nitrogens with zero attached hydrogens (tertiary/aromatic N) is 4. The van der Waals surface area contributed by atoms with E-state index < -0.39 is 5.97 Å².